The van der Waals surface area contributed by atoms with Gasteiger partial charge in [0.1, 0.15) is 0 Å². The second kappa shape index (κ2) is 7.22. The lowest BCUT2D eigenvalue weighted by Crippen LogP contribution is -2.50. The summed E-state index contributed by atoms with van der Waals surface area (Å²) in [5.41, 5.74) is 1.38. The maximum atomic E-state index is 12.2. The summed E-state index contributed by atoms with van der Waals surface area (Å²) in [6.45, 7) is 8.19. The van der Waals surface area contributed by atoms with E-state index in [-0.39, 0.29) is 11.8 Å². The number of amides is 2. The van der Waals surface area contributed by atoms with Crippen LogP contribution in [0.1, 0.15) is 30.6 Å². The average Bonchev–Trinajstić information content (AvgIpc) is 2.49. The molecule has 0 atom stereocenters. The largest absolute Gasteiger partial charge is 0.322 e. The Morgan fingerprint density at radius 1 is 1.10 bits per heavy atom. The molecular weight excluding hydrogens is 266 g/mol. The molecule has 114 valence electrons. The predicted octanol–water partition coefficient (Wildman–Crippen LogP) is 2.45. The van der Waals surface area contributed by atoms with Gasteiger partial charge in [-0.25, -0.2) is 4.79 Å². The molecule has 1 aliphatic heterocycles. The van der Waals surface area contributed by atoms with Gasteiger partial charge < -0.3 is 10.2 Å². The molecule has 0 spiro atoms. The first kappa shape index (κ1) is 15.5. The van der Waals surface area contributed by atoms with Gasteiger partial charge >= 0.3 is 6.03 Å². The van der Waals surface area contributed by atoms with Gasteiger partial charge in [0.2, 0.25) is 0 Å². The fourth-order valence-electron chi connectivity index (χ4n) is 2.48. The van der Waals surface area contributed by atoms with Crippen LogP contribution in [0.4, 0.5) is 10.5 Å². The molecule has 1 fully saturated rings. The van der Waals surface area contributed by atoms with Crippen molar-refractivity contribution in [1.82, 2.24) is 9.80 Å². The van der Waals surface area contributed by atoms with Crippen molar-refractivity contribution in [2.24, 2.45) is 0 Å². The van der Waals surface area contributed by atoms with Crippen LogP contribution in [0.3, 0.4) is 0 Å². The molecule has 1 aliphatic rings. The molecule has 2 rings (SSSR count). The van der Waals surface area contributed by atoms with Gasteiger partial charge in [0.15, 0.2) is 5.78 Å². The molecule has 5 nitrogen and oxygen atoms in total. The Bertz CT molecular complexity index is 491. The normalized spacial score (nSPS) is 15.8. The van der Waals surface area contributed by atoms with Gasteiger partial charge in [-0.05, 0) is 44.2 Å². The van der Waals surface area contributed by atoms with Crippen molar-refractivity contribution in [2.45, 2.75) is 20.3 Å². The minimum absolute atomic E-state index is 0.0277. The molecule has 0 aromatic heterocycles. The average molecular weight is 289 g/mol. The molecule has 21 heavy (non-hydrogen) atoms. The molecule has 0 saturated carbocycles. The number of benzene rings is 1. The van der Waals surface area contributed by atoms with Crippen LogP contribution in [0.15, 0.2) is 24.3 Å². The van der Waals surface area contributed by atoms with E-state index in [1.54, 1.807) is 24.3 Å². The zero-order valence-corrected chi connectivity index (χ0v) is 12.8. The van der Waals surface area contributed by atoms with Gasteiger partial charge in [0, 0.05) is 37.4 Å². The molecule has 1 aromatic carbocycles. The summed E-state index contributed by atoms with van der Waals surface area (Å²) in [7, 11) is 0. The highest BCUT2D eigenvalue weighted by Gasteiger charge is 2.20. The first-order valence-corrected chi connectivity index (χ1v) is 7.49. The van der Waals surface area contributed by atoms with Crippen molar-refractivity contribution < 1.29 is 9.59 Å². The summed E-state index contributed by atoms with van der Waals surface area (Å²) < 4.78 is 0. The highest BCUT2D eigenvalue weighted by Crippen LogP contribution is 2.12. The molecule has 1 N–H and O–H groups in total. The molecule has 1 saturated heterocycles. The highest BCUT2D eigenvalue weighted by molar-refractivity contribution is 5.95. The predicted molar refractivity (Wildman–Crippen MR) is 83.8 cm³/mol. The zero-order chi connectivity index (χ0) is 15.2. The van der Waals surface area contributed by atoms with Gasteiger partial charge in [-0.1, -0.05) is 6.92 Å². The van der Waals surface area contributed by atoms with Crippen molar-refractivity contribution in [3.05, 3.63) is 29.8 Å². The molecule has 0 bridgehead atoms. The molecule has 0 unspecified atom stereocenters. The van der Waals surface area contributed by atoms with Crippen LogP contribution in [0.2, 0.25) is 0 Å². The summed E-state index contributed by atoms with van der Waals surface area (Å²) in [6.07, 6.45) is 1.15. The molecule has 5 heteroatoms. The van der Waals surface area contributed by atoms with Crippen molar-refractivity contribution >= 4 is 17.5 Å². The van der Waals surface area contributed by atoms with Crippen molar-refractivity contribution in [3.63, 3.8) is 0 Å². The second-order valence-electron chi connectivity index (χ2n) is 5.39. The van der Waals surface area contributed by atoms with Gasteiger partial charge in [-0.3, -0.25) is 9.69 Å². The summed E-state index contributed by atoms with van der Waals surface area (Å²) in [4.78, 5) is 27.6. The van der Waals surface area contributed by atoms with Crippen molar-refractivity contribution in [3.8, 4) is 0 Å². The fraction of sp³-hybridized carbons (Fsp3) is 0.500. The number of rotatable bonds is 4. The third-order valence-electron chi connectivity index (χ3n) is 3.74. The summed E-state index contributed by atoms with van der Waals surface area (Å²) in [5.74, 6) is 0.0277. The van der Waals surface area contributed by atoms with E-state index in [1.165, 1.54) is 6.92 Å². The fourth-order valence-corrected chi connectivity index (χ4v) is 2.48. The Morgan fingerprint density at radius 3 is 2.24 bits per heavy atom. The van der Waals surface area contributed by atoms with Gasteiger partial charge in [-0.2, -0.15) is 0 Å². The van der Waals surface area contributed by atoms with Crippen LogP contribution >= 0.6 is 0 Å². The van der Waals surface area contributed by atoms with E-state index in [4.69, 9.17) is 0 Å². The van der Waals surface area contributed by atoms with Crippen molar-refractivity contribution in [2.75, 3.05) is 38.0 Å². The number of carbonyl (C=O) groups excluding carboxylic acids is 2. The first-order chi connectivity index (χ1) is 10.1. The van der Waals surface area contributed by atoms with Gasteiger partial charge in [-0.15, -0.1) is 0 Å². The number of hydrogen-bond acceptors (Lipinski definition) is 3. The summed E-state index contributed by atoms with van der Waals surface area (Å²) >= 11 is 0. The van der Waals surface area contributed by atoms with E-state index in [2.05, 4.69) is 17.1 Å². The number of urea groups is 1. The second-order valence-corrected chi connectivity index (χ2v) is 5.39. The van der Waals surface area contributed by atoms with Crippen molar-refractivity contribution in [1.29, 1.82) is 0 Å². The monoisotopic (exact) mass is 289 g/mol. The molecular formula is C16H23N3O2. The Balaban J connectivity index is 1.86. The summed E-state index contributed by atoms with van der Waals surface area (Å²) in [5, 5.41) is 2.88. The topological polar surface area (TPSA) is 52.6 Å². The van der Waals surface area contributed by atoms with Crippen LogP contribution < -0.4 is 5.32 Å². The molecule has 2 amide bonds. The van der Waals surface area contributed by atoms with E-state index < -0.39 is 0 Å². The first-order valence-electron chi connectivity index (χ1n) is 7.49. The van der Waals surface area contributed by atoms with Crippen LogP contribution in [0, 0.1) is 0 Å². The van der Waals surface area contributed by atoms with E-state index in [1.807, 2.05) is 4.90 Å². The Hall–Kier alpha value is -1.88. The van der Waals surface area contributed by atoms with Gasteiger partial charge in [0.25, 0.3) is 0 Å². The lowest BCUT2D eigenvalue weighted by molar-refractivity contribution is 0.101. The van der Waals surface area contributed by atoms with E-state index in [0.29, 0.717) is 5.56 Å². The van der Waals surface area contributed by atoms with Crippen LogP contribution in [0.25, 0.3) is 0 Å². The Morgan fingerprint density at radius 2 is 1.71 bits per heavy atom. The van der Waals surface area contributed by atoms with Crippen LogP contribution in [-0.2, 0) is 0 Å². The smallest absolute Gasteiger partial charge is 0.321 e. The highest BCUT2D eigenvalue weighted by atomic mass is 16.2. The third-order valence-corrected chi connectivity index (χ3v) is 3.74. The number of carbonyl (C=O) groups is 2. The van der Waals surface area contributed by atoms with Gasteiger partial charge in [0.05, 0.1) is 0 Å². The zero-order valence-electron chi connectivity index (χ0n) is 12.8. The maximum absolute atomic E-state index is 12.2. The van der Waals surface area contributed by atoms with E-state index in [9.17, 15) is 9.59 Å². The minimum atomic E-state index is -0.0678. The number of Topliss-reactive ketones (excluding diaryl/α,β-unsaturated/α-hetero) is 1. The Labute approximate surface area is 125 Å². The number of nitrogens with one attached hydrogen (secondary N) is 1. The molecule has 0 radical (unpaired) electrons. The summed E-state index contributed by atoms with van der Waals surface area (Å²) in [6, 6.07) is 6.93. The van der Waals surface area contributed by atoms with Crippen LogP contribution in [-0.4, -0.2) is 54.3 Å². The SMILES string of the molecule is CCCN1CCN(C(=O)Nc2ccc(C(C)=O)cc2)CC1. The molecule has 0 aliphatic carbocycles. The number of anilines is 1. The quantitative estimate of drug-likeness (QED) is 0.866. The standard InChI is InChI=1S/C16H23N3O2/c1-3-8-18-9-11-19(12-10-18)16(21)17-15-6-4-14(5-7-15)13(2)20/h4-7H,3,8-12H2,1-2H3,(H,17,21). The number of hydrogen-bond donors (Lipinski definition) is 1. The lowest BCUT2D eigenvalue weighted by atomic mass is 10.1. The minimum Gasteiger partial charge on any atom is -0.322 e. The molecule has 1 aromatic rings. The lowest BCUT2D eigenvalue weighted by Gasteiger charge is -2.34. The molecule has 1 heterocycles. The van der Waals surface area contributed by atoms with E-state index >= 15 is 0 Å². The van der Waals surface area contributed by atoms with Crippen LogP contribution in [0.5, 0.6) is 0 Å². The van der Waals surface area contributed by atoms with E-state index in [0.717, 1.165) is 44.8 Å². The number of piperazine rings is 1. The number of nitrogens with zero attached hydrogens (tertiary/aromatic N) is 2. The third kappa shape index (κ3) is 4.29. The maximum Gasteiger partial charge on any atom is 0.321 e. The number of ketones is 1. The Kier molecular flexibility index (Phi) is 5.33.